The maximum absolute atomic E-state index is 10.6. The maximum Gasteiger partial charge on any atom is 0.167 e. The molecule has 1 aliphatic rings. The predicted molar refractivity (Wildman–Crippen MR) is 52.6 cm³/mol. The second-order valence-electron chi connectivity index (χ2n) is 2.96. The van der Waals surface area contributed by atoms with Crippen LogP contribution < -0.4 is 10.2 Å². The van der Waals surface area contributed by atoms with Crippen LogP contribution in [-0.2, 0) is 4.79 Å². The van der Waals surface area contributed by atoms with Crippen molar-refractivity contribution in [2.24, 2.45) is 0 Å². The van der Waals surface area contributed by atoms with Gasteiger partial charge in [0.1, 0.15) is 0 Å². The lowest BCUT2D eigenvalue weighted by atomic mass is 10.2. The molecule has 0 unspecified atom stereocenters. The predicted octanol–water partition coefficient (Wildman–Crippen LogP) is 1.59. The van der Waals surface area contributed by atoms with Gasteiger partial charge < -0.3 is 10.2 Å². The van der Waals surface area contributed by atoms with Gasteiger partial charge in [0.25, 0.3) is 0 Å². The lowest BCUT2D eigenvalue weighted by Gasteiger charge is -2.24. The van der Waals surface area contributed by atoms with E-state index in [2.05, 4.69) is 5.32 Å². The van der Waals surface area contributed by atoms with Crippen LogP contribution in [0.5, 0.6) is 0 Å². The molecule has 2 rings (SSSR count). The van der Waals surface area contributed by atoms with Crippen LogP contribution in [0.2, 0.25) is 0 Å². The van der Waals surface area contributed by atoms with Crippen molar-refractivity contribution in [2.45, 2.75) is 0 Å². The van der Waals surface area contributed by atoms with Gasteiger partial charge in [0.2, 0.25) is 0 Å². The van der Waals surface area contributed by atoms with Crippen LogP contribution in [0.15, 0.2) is 36.2 Å². The van der Waals surface area contributed by atoms with E-state index in [1.54, 1.807) is 6.20 Å². The van der Waals surface area contributed by atoms with Crippen LogP contribution in [-0.4, -0.2) is 13.3 Å². The van der Waals surface area contributed by atoms with Crippen LogP contribution in [0, 0.1) is 0 Å². The Hall–Kier alpha value is -1.77. The Morgan fingerprint density at radius 1 is 1.38 bits per heavy atom. The van der Waals surface area contributed by atoms with Crippen LogP contribution in [0.1, 0.15) is 0 Å². The molecule has 1 aromatic carbocycles. The molecule has 0 bridgehead atoms. The summed E-state index contributed by atoms with van der Waals surface area (Å²) in [6.07, 6.45) is 2.59. The average Bonchev–Trinajstić information content (AvgIpc) is 2.18. The number of anilines is 2. The first-order chi connectivity index (χ1) is 6.31. The summed E-state index contributed by atoms with van der Waals surface area (Å²) in [7, 11) is 1.92. The Bertz CT molecular complexity index is 371. The third kappa shape index (κ3) is 1.28. The van der Waals surface area contributed by atoms with E-state index >= 15 is 0 Å². The standard InChI is InChI=1S/C10H10N2O/c1-12-6-8(7-13)11-9-4-2-3-5-10(9)12/h2-7,11H,1H3. The van der Waals surface area contributed by atoms with E-state index in [1.165, 1.54) is 0 Å². The van der Waals surface area contributed by atoms with Crippen molar-refractivity contribution >= 4 is 17.7 Å². The SMILES string of the molecule is CN1C=C(C=O)Nc2ccccc21. The first-order valence-electron chi connectivity index (χ1n) is 4.07. The summed E-state index contributed by atoms with van der Waals surface area (Å²) in [4.78, 5) is 12.5. The highest BCUT2D eigenvalue weighted by Crippen LogP contribution is 2.29. The number of aldehydes is 1. The molecule has 0 spiro atoms. The van der Waals surface area contributed by atoms with Gasteiger partial charge in [-0.1, -0.05) is 12.1 Å². The molecule has 0 fully saturated rings. The molecule has 3 nitrogen and oxygen atoms in total. The van der Waals surface area contributed by atoms with E-state index in [9.17, 15) is 4.79 Å². The third-order valence-electron chi connectivity index (χ3n) is 2.02. The number of hydrogen-bond acceptors (Lipinski definition) is 3. The van der Waals surface area contributed by atoms with Crippen molar-refractivity contribution < 1.29 is 4.79 Å². The number of carbonyl (C=O) groups is 1. The quantitative estimate of drug-likeness (QED) is 0.656. The highest BCUT2D eigenvalue weighted by atomic mass is 16.1. The van der Waals surface area contributed by atoms with Crippen LogP contribution in [0.3, 0.4) is 0 Å². The van der Waals surface area contributed by atoms with E-state index < -0.39 is 0 Å². The highest BCUT2D eigenvalue weighted by Gasteiger charge is 2.11. The van der Waals surface area contributed by atoms with Gasteiger partial charge in [0.15, 0.2) is 6.29 Å². The number of para-hydroxylation sites is 2. The third-order valence-corrected chi connectivity index (χ3v) is 2.02. The molecule has 0 amide bonds. The van der Waals surface area contributed by atoms with Gasteiger partial charge in [0, 0.05) is 13.2 Å². The number of nitrogens with zero attached hydrogens (tertiary/aromatic N) is 1. The lowest BCUT2D eigenvalue weighted by molar-refractivity contribution is -0.104. The molecule has 0 saturated carbocycles. The lowest BCUT2D eigenvalue weighted by Crippen LogP contribution is -2.19. The van der Waals surface area contributed by atoms with Crippen molar-refractivity contribution in [1.82, 2.24) is 0 Å². The van der Waals surface area contributed by atoms with E-state index in [1.807, 2.05) is 36.2 Å². The summed E-state index contributed by atoms with van der Waals surface area (Å²) in [5.74, 6) is 0. The Labute approximate surface area is 76.7 Å². The number of nitrogens with one attached hydrogen (secondary N) is 1. The maximum atomic E-state index is 10.6. The number of carbonyl (C=O) groups excluding carboxylic acids is 1. The number of benzene rings is 1. The van der Waals surface area contributed by atoms with Crippen molar-refractivity contribution in [3.05, 3.63) is 36.2 Å². The second kappa shape index (κ2) is 2.94. The fourth-order valence-electron chi connectivity index (χ4n) is 1.41. The molecule has 0 aliphatic carbocycles. The number of fused-ring (bicyclic) bond motifs is 1. The fraction of sp³-hybridized carbons (Fsp3) is 0.100. The average molecular weight is 174 g/mol. The summed E-state index contributed by atoms with van der Waals surface area (Å²) in [6, 6.07) is 7.85. The minimum atomic E-state index is 0.584. The first kappa shape index (κ1) is 7.86. The molecule has 0 radical (unpaired) electrons. The Morgan fingerprint density at radius 3 is 2.92 bits per heavy atom. The van der Waals surface area contributed by atoms with Gasteiger partial charge in [-0.25, -0.2) is 0 Å². The highest BCUT2D eigenvalue weighted by molar-refractivity contribution is 5.86. The molecule has 1 aromatic rings. The van der Waals surface area contributed by atoms with Crippen LogP contribution in [0.4, 0.5) is 11.4 Å². The molecule has 13 heavy (non-hydrogen) atoms. The summed E-state index contributed by atoms with van der Waals surface area (Å²) < 4.78 is 0. The van der Waals surface area contributed by atoms with Crippen LogP contribution >= 0.6 is 0 Å². The minimum Gasteiger partial charge on any atom is -0.350 e. The molecular weight excluding hydrogens is 164 g/mol. The second-order valence-corrected chi connectivity index (χ2v) is 2.96. The van der Waals surface area contributed by atoms with Gasteiger partial charge in [-0.2, -0.15) is 0 Å². The molecule has 0 aromatic heterocycles. The van der Waals surface area contributed by atoms with Crippen LogP contribution in [0.25, 0.3) is 0 Å². The van der Waals surface area contributed by atoms with Crippen molar-refractivity contribution in [3.63, 3.8) is 0 Å². The molecule has 1 aliphatic heterocycles. The van der Waals surface area contributed by atoms with E-state index in [4.69, 9.17) is 0 Å². The zero-order chi connectivity index (χ0) is 9.26. The molecule has 3 heteroatoms. The molecule has 0 atom stereocenters. The molecular formula is C10H10N2O. The number of rotatable bonds is 1. The molecule has 1 heterocycles. The first-order valence-corrected chi connectivity index (χ1v) is 4.07. The van der Waals surface area contributed by atoms with E-state index in [0.717, 1.165) is 17.7 Å². The van der Waals surface area contributed by atoms with Gasteiger partial charge in [-0.05, 0) is 12.1 Å². The number of allylic oxidation sites excluding steroid dienone is 1. The summed E-state index contributed by atoms with van der Waals surface area (Å²) >= 11 is 0. The Kier molecular flexibility index (Phi) is 1.77. The largest absolute Gasteiger partial charge is 0.350 e. The normalized spacial score (nSPS) is 14.2. The zero-order valence-corrected chi connectivity index (χ0v) is 7.32. The Morgan fingerprint density at radius 2 is 2.15 bits per heavy atom. The summed E-state index contributed by atoms with van der Waals surface area (Å²) in [5.41, 5.74) is 2.63. The molecule has 66 valence electrons. The molecule has 1 N–H and O–H groups in total. The topological polar surface area (TPSA) is 32.3 Å². The Balaban J connectivity index is 2.45. The monoisotopic (exact) mass is 174 g/mol. The van der Waals surface area contributed by atoms with Crippen molar-refractivity contribution in [2.75, 3.05) is 17.3 Å². The van der Waals surface area contributed by atoms with Gasteiger partial charge in [-0.3, -0.25) is 4.79 Å². The minimum absolute atomic E-state index is 0.584. The summed E-state index contributed by atoms with van der Waals surface area (Å²) in [5, 5.41) is 3.03. The van der Waals surface area contributed by atoms with E-state index in [0.29, 0.717) is 5.70 Å². The van der Waals surface area contributed by atoms with Gasteiger partial charge in [0.05, 0.1) is 17.1 Å². The van der Waals surface area contributed by atoms with E-state index in [-0.39, 0.29) is 0 Å². The van der Waals surface area contributed by atoms with Gasteiger partial charge >= 0.3 is 0 Å². The van der Waals surface area contributed by atoms with Gasteiger partial charge in [-0.15, -0.1) is 0 Å². The number of hydrogen-bond donors (Lipinski definition) is 1. The van der Waals surface area contributed by atoms with Crippen molar-refractivity contribution in [3.8, 4) is 0 Å². The fourth-order valence-corrected chi connectivity index (χ4v) is 1.41. The summed E-state index contributed by atoms with van der Waals surface area (Å²) in [6.45, 7) is 0. The zero-order valence-electron chi connectivity index (χ0n) is 7.32. The van der Waals surface area contributed by atoms with Crippen molar-refractivity contribution in [1.29, 1.82) is 0 Å². The molecule has 0 saturated heterocycles. The smallest absolute Gasteiger partial charge is 0.167 e.